The van der Waals surface area contributed by atoms with Crippen LogP contribution in [0.1, 0.15) is 57.5 Å². The lowest BCUT2D eigenvalue weighted by atomic mass is 10.0. The van der Waals surface area contributed by atoms with Gasteiger partial charge in [0.2, 0.25) is 5.91 Å². The van der Waals surface area contributed by atoms with Gasteiger partial charge in [-0.15, -0.1) is 0 Å². The van der Waals surface area contributed by atoms with Gasteiger partial charge in [0, 0.05) is 37.1 Å². The molecule has 186 valence electrons. The molecule has 3 amide bonds. The van der Waals surface area contributed by atoms with Crippen LogP contribution in [0.2, 0.25) is 0 Å². The minimum absolute atomic E-state index is 0.0470. The molecule has 8 heteroatoms. The summed E-state index contributed by atoms with van der Waals surface area (Å²) >= 11 is 0. The molecule has 6 rings (SSSR count). The van der Waals surface area contributed by atoms with Gasteiger partial charge in [-0.05, 0) is 43.2 Å². The Kier molecular flexibility index (Phi) is 5.92. The molecule has 0 radical (unpaired) electrons. The summed E-state index contributed by atoms with van der Waals surface area (Å²) in [5.41, 5.74) is 4.55. The summed E-state index contributed by atoms with van der Waals surface area (Å²) in [5.74, 6) is 0.643. The van der Waals surface area contributed by atoms with Crippen molar-refractivity contribution >= 4 is 34.4 Å². The van der Waals surface area contributed by atoms with Crippen LogP contribution in [0.4, 0.5) is 5.69 Å². The molecule has 1 atom stereocenters. The summed E-state index contributed by atoms with van der Waals surface area (Å²) in [4.78, 5) is 50.5. The molecule has 37 heavy (non-hydrogen) atoms. The van der Waals surface area contributed by atoms with E-state index in [9.17, 15) is 14.4 Å². The molecular weight excluding hydrogens is 466 g/mol. The molecule has 8 nitrogen and oxygen atoms in total. The molecule has 1 aromatic heterocycles. The predicted octanol–water partition coefficient (Wildman–Crippen LogP) is 4.21. The van der Waals surface area contributed by atoms with Gasteiger partial charge in [0.25, 0.3) is 11.8 Å². The lowest BCUT2D eigenvalue weighted by molar-refractivity contribution is -0.121. The quantitative estimate of drug-likeness (QED) is 0.359. The molecule has 3 aromatic carbocycles. The SMILES string of the molecule is O=C(CCCN1C(=O)c2ccccc2N2C(=O)c3ccccc3[C@@H]12)NCCCc1nc2ccccc2[nH]1. The molecule has 4 aromatic rings. The first-order valence-electron chi connectivity index (χ1n) is 12.6. The Hall–Kier alpha value is -4.46. The maximum atomic E-state index is 13.4. The van der Waals surface area contributed by atoms with Gasteiger partial charge in [-0.1, -0.05) is 42.5 Å². The highest BCUT2D eigenvalue weighted by atomic mass is 16.2. The Labute approximate surface area is 214 Å². The van der Waals surface area contributed by atoms with Crippen LogP contribution >= 0.6 is 0 Å². The molecule has 2 aliphatic rings. The highest BCUT2D eigenvalue weighted by Crippen LogP contribution is 2.45. The number of imidazole rings is 1. The number of H-pyrrole nitrogens is 1. The van der Waals surface area contributed by atoms with E-state index in [1.165, 1.54) is 0 Å². The van der Waals surface area contributed by atoms with E-state index in [1.807, 2.05) is 60.7 Å². The van der Waals surface area contributed by atoms with Gasteiger partial charge in [0.05, 0.1) is 22.3 Å². The zero-order valence-corrected chi connectivity index (χ0v) is 20.3. The van der Waals surface area contributed by atoms with Gasteiger partial charge in [0.1, 0.15) is 12.0 Å². The fraction of sp³-hybridized carbons (Fsp3) is 0.241. The molecule has 0 saturated carbocycles. The summed E-state index contributed by atoms with van der Waals surface area (Å²) in [5, 5.41) is 2.97. The highest BCUT2D eigenvalue weighted by molar-refractivity contribution is 6.16. The Morgan fingerprint density at radius 2 is 1.65 bits per heavy atom. The third-order valence-corrected chi connectivity index (χ3v) is 7.04. The minimum Gasteiger partial charge on any atom is -0.356 e. The van der Waals surface area contributed by atoms with Gasteiger partial charge in [-0.2, -0.15) is 0 Å². The number of anilines is 1. The first kappa shape index (κ1) is 23.0. The number of rotatable bonds is 8. The maximum Gasteiger partial charge on any atom is 0.260 e. The number of nitrogens with zero attached hydrogens (tertiary/aromatic N) is 3. The number of aryl methyl sites for hydroxylation is 1. The number of carbonyl (C=O) groups is 3. The van der Waals surface area contributed by atoms with Gasteiger partial charge in [0.15, 0.2) is 0 Å². The van der Waals surface area contributed by atoms with Crippen LogP contribution in [-0.4, -0.2) is 45.7 Å². The molecule has 2 aliphatic heterocycles. The van der Waals surface area contributed by atoms with Crippen molar-refractivity contribution in [3.63, 3.8) is 0 Å². The highest BCUT2D eigenvalue weighted by Gasteiger charge is 2.47. The number of amides is 3. The van der Waals surface area contributed by atoms with E-state index in [0.29, 0.717) is 42.7 Å². The lowest BCUT2D eigenvalue weighted by Gasteiger charge is -2.41. The van der Waals surface area contributed by atoms with Gasteiger partial charge < -0.3 is 15.2 Å². The number of nitrogens with one attached hydrogen (secondary N) is 2. The Bertz CT molecular complexity index is 1480. The first-order valence-corrected chi connectivity index (χ1v) is 12.6. The largest absolute Gasteiger partial charge is 0.356 e. The monoisotopic (exact) mass is 493 g/mol. The average molecular weight is 494 g/mol. The summed E-state index contributed by atoms with van der Waals surface area (Å²) < 4.78 is 0. The van der Waals surface area contributed by atoms with E-state index in [-0.39, 0.29) is 17.7 Å². The molecule has 0 bridgehead atoms. The van der Waals surface area contributed by atoms with Crippen molar-refractivity contribution in [1.82, 2.24) is 20.2 Å². The van der Waals surface area contributed by atoms with Crippen LogP contribution < -0.4 is 10.2 Å². The van der Waals surface area contributed by atoms with E-state index in [0.717, 1.165) is 35.3 Å². The van der Waals surface area contributed by atoms with Crippen molar-refractivity contribution in [1.29, 1.82) is 0 Å². The van der Waals surface area contributed by atoms with Crippen molar-refractivity contribution in [2.75, 3.05) is 18.0 Å². The summed E-state index contributed by atoms with van der Waals surface area (Å²) in [6.45, 7) is 0.937. The number of benzene rings is 3. The zero-order chi connectivity index (χ0) is 25.4. The van der Waals surface area contributed by atoms with Crippen LogP contribution in [0.3, 0.4) is 0 Å². The van der Waals surface area contributed by atoms with Crippen molar-refractivity contribution in [3.8, 4) is 0 Å². The maximum absolute atomic E-state index is 13.4. The molecule has 3 heterocycles. The smallest absolute Gasteiger partial charge is 0.260 e. The number of aromatic nitrogens is 2. The van der Waals surface area contributed by atoms with Crippen molar-refractivity contribution in [2.45, 2.75) is 31.8 Å². The molecule has 0 aliphatic carbocycles. The van der Waals surface area contributed by atoms with E-state index in [4.69, 9.17) is 0 Å². The van der Waals surface area contributed by atoms with Gasteiger partial charge in [-0.25, -0.2) is 4.98 Å². The lowest BCUT2D eigenvalue weighted by Crippen LogP contribution is -2.48. The van der Waals surface area contributed by atoms with Gasteiger partial charge >= 0.3 is 0 Å². The Morgan fingerprint density at radius 3 is 2.51 bits per heavy atom. The minimum atomic E-state index is -0.488. The number of hydrogen-bond acceptors (Lipinski definition) is 4. The fourth-order valence-electron chi connectivity index (χ4n) is 5.31. The van der Waals surface area contributed by atoms with Crippen LogP contribution in [0.5, 0.6) is 0 Å². The number of para-hydroxylation sites is 3. The average Bonchev–Trinajstić information content (AvgIpc) is 3.47. The molecule has 0 unspecified atom stereocenters. The second-order valence-corrected chi connectivity index (χ2v) is 9.41. The molecule has 0 fully saturated rings. The molecule has 2 N–H and O–H groups in total. The predicted molar refractivity (Wildman–Crippen MR) is 140 cm³/mol. The van der Waals surface area contributed by atoms with E-state index in [2.05, 4.69) is 15.3 Å². The van der Waals surface area contributed by atoms with Crippen LogP contribution in [-0.2, 0) is 11.2 Å². The summed E-state index contributed by atoms with van der Waals surface area (Å²) in [7, 11) is 0. The molecule has 0 spiro atoms. The van der Waals surface area contributed by atoms with E-state index in [1.54, 1.807) is 21.9 Å². The Morgan fingerprint density at radius 1 is 0.892 bits per heavy atom. The Balaban J connectivity index is 1.06. The standard InChI is InChI=1S/C29H27N5O3/c35-26(30-17-7-15-25-31-22-12-4-5-13-23(22)32-25)16-8-18-33-27-19-9-1-2-10-20(19)29(37)34(27)24-14-6-3-11-21(24)28(33)36/h1-6,9-14,27H,7-8,15-18H2,(H,30,35)(H,31,32)/t27-/m0/s1. The van der Waals surface area contributed by atoms with Crippen molar-refractivity contribution < 1.29 is 14.4 Å². The third-order valence-electron chi connectivity index (χ3n) is 7.04. The number of hydrogen-bond donors (Lipinski definition) is 2. The third kappa shape index (κ3) is 4.14. The van der Waals surface area contributed by atoms with Crippen LogP contribution in [0.25, 0.3) is 11.0 Å². The second-order valence-electron chi connectivity index (χ2n) is 9.41. The summed E-state index contributed by atoms with van der Waals surface area (Å²) in [6.07, 6.45) is 1.85. The first-order chi connectivity index (χ1) is 18.1. The van der Waals surface area contributed by atoms with Crippen LogP contribution in [0, 0.1) is 0 Å². The molecule has 0 saturated heterocycles. The van der Waals surface area contributed by atoms with Gasteiger partial charge in [-0.3, -0.25) is 19.3 Å². The van der Waals surface area contributed by atoms with Crippen molar-refractivity contribution in [2.24, 2.45) is 0 Å². The second kappa shape index (κ2) is 9.54. The van der Waals surface area contributed by atoms with Crippen LogP contribution in [0.15, 0.2) is 72.8 Å². The number of carbonyl (C=O) groups excluding carboxylic acids is 3. The van der Waals surface area contributed by atoms with Crippen molar-refractivity contribution in [3.05, 3.63) is 95.3 Å². The number of aromatic amines is 1. The zero-order valence-electron chi connectivity index (χ0n) is 20.3. The van der Waals surface area contributed by atoms with E-state index < -0.39 is 6.17 Å². The molecular formula is C29H27N5O3. The fourth-order valence-corrected chi connectivity index (χ4v) is 5.31. The summed E-state index contributed by atoms with van der Waals surface area (Å²) in [6, 6.07) is 22.6. The normalized spacial score (nSPS) is 16.1. The van der Waals surface area contributed by atoms with E-state index >= 15 is 0 Å². The number of fused-ring (bicyclic) bond motifs is 6. The topological polar surface area (TPSA) is 98.4 Å².